The van der Waals surface area contributed by atoms with Crippen LogP contribution in [0.5, 0.6) is 0 Å². The summed E-state index contributed by atoms with van der Waals surface area (Å²) >= 11 is 12.6. The van der Waals surface area contributed by atoms with Gasteiger partial charge in [0.2, 0.25) is 5.91 Å². The number of nitrogens with one attached hydrogen (secondary N) is 3. The minimum Gasteiger partial charge on any atom is -0.369 e. The monoisotopic (exact) mass is 623 g/mol. The van der Waals surface area contributed by atoms with Crippen LogP contribution in [0.2, 0.25) is 10.0 Å². The Balaban J connectivity index is 1.44. The van der Waals surface area contributed by atoms with Crippen molar-refractivity contribution in [3.8, 4) is 0 Å². The predicted octanol–water partition coefficient (Wildman–Crippen LogP) is 4.94. The van der Waals surface area contributed by atoms with Gasteiger partial charge in [0, 0.05) is 41.7 Å². The predicted molar refractivity (Wildman–Crippen MR) is 142 cm³/mol. The fraction of sp³-hybridized carbons (Fsp3) is 0.261. The molecule has 0 atom stereocenters. The lowest BCUT2D eigenvalue weighted by molar-refractivity contribution is -0.137. The van der Waals surface area contributed by atoms with Crippen LogP contribution in [-0.4, -0.2) is 43.7 Å². The van der Waals surface area contributed by atoms with Crippen LogP contribution >= 0.6 is 34.5 Å². The molecule has 2 amide bonds. The Morgan fingerprint density at radius 3 is 2.44 bits per heavy atom. The van der Waals surface area contributed by atoms with Crippen molar-refractivity contribution in [1.29, 1.82) is 0 Å². The fourth-order valence-corrected chi connectivity index (χ4v) is 5.75. The summed E-state index contributed by atoms with van der Waals surface area (Å²) in [5, 5.41) is 3.00. The zero-order chi connectivity index (χ0) is 28.8. The molecule has 0 saturated heterocycles. The minimum absolute atomic E-state index is 0.0276. The molecule has 3 N–H and O–H groups in total. The highest BCUT2D eigenvalue weighted by Crippen LogP contribution is 2.32. The van der Waals surface area contributed by atoms with Crippen molar-refractivity contribution in [3.63, 3.8) is 0 Å². The first-order valence-corrected chi connectivity index (χ1v) is 14.2. The summed E-state index contributed by atoms with van der Waals surface area (Å²) in [5.74, 6) is -0.863. The summed E-state index contributed by atoms with van der Waals surface area (Å²) in [5.41, 5.74) is 1.56. The van der Waals surface area contributed by atoms with Gasteiger partial charge in [-0.05, 0) is 48.9 Å². The van der Waals surface area contributed by atoms with Crippen LogP contribution in [0.25, 0.3) is 0 Å². The number of aromatic nitrogens is 1. The highest BCUT2D eigenvalue weighted by Gasteiger charge is 2.31. The summed E-state index contributed by atoms with van der Waals surface area (Å²) in [6, 6.07) is 10.1. The van der Waals surface area contributed by atoms with Gasteiger partial charge in [-0.2, -0.15) is 13.2 Å². The van der Waals surface area contributed by atoms with Crippen molar-refractivity contribution in [3.05, 3.63) is 74.7 Å². The van der Waals surface area contributed by atoms with Crippen molar-refractivity contribution in [1.82, 2.24) is 20.1 Å². The number of carbonyl (C=O) groups is 2. The Hall–Kier alpha value is -2.91. The molecule has 0 aliphatic carbocycles. The molecule has 0 aliphatic rings. The van der Waals surface area contributed by atoms with Gasteiger partial charge in [0.1, 0.15) is 10.0 Å². The van der Waals surface area contributed by atoms with E-state index in [0.29, 0.717) is 21.7 Å². The van der Waals surface area contributed by atoms with Gasteiger partial charge in [0.15, 0.2) is 0 Å². The van der Waals surface area contributed by atoms with E-state index in [2.05, 4.69) is 15.7 Å². The van der Waals surface area contributed by atoms with E-state index < -0.39 is 27.7 Å². The number of alkyl halides is 3. The van der Waals surface area contributed by atoms with Crippen molar-refractivity contribution in [2.45, 2.75) is 29.8 Å². The summed E-state index contributed by atoms with van der Waals surface area (Å²) in [7, 11) is -2.48. The molecule has 0 saturated carbocycles. The zero-order valence-corrected chi connectivity index (χ0v) is 23.3. The molecule has 3 aromatic rings. The molecule has 9 nitrogen and oxygen atoms in total. The Labute approximate surface area is 236 Å². The Bertz CT molecular complexity index is 1430. The number of pyridine rings is 1. The number of rotatable bonds is 11. The van der Waals surface area contributed by atoms with Gasteiger partial charge >= 0.3 is 6.18 Å². The van der Waals surface area contributed by atoms with E-state index in [4.69, 9.17) is 23.2 Å². The second-order valence-electron chi connectivity index (χ2n) is 8.13. The number of amides is 2. The summed E-state index contributed by atoms with van der Waals surface area (Å²) in [4.78, 5) is 32.3. The van der Waals surface area contributed by atoms with Crippen LogP contribution in [0.15, 0.2) is 52.9 Å². The number of hydrogen-bond acceptors (Lipinski definition) is 7. The molecule has 16 heteroatoms. The Morgan fingerprint density at radius 2 is 1.79 bits per heavy atom. The molecule has 0 spiro atoms. The van der Waals surface area contributed by atoms with Crippen molar-refractivity contribution in [2.75, 3.05) is 18.9 Å². The van der Waals surface area contributed by atoms with Gasteiger partial charge in [0.05, 0.1) is 17.1 Å². The van der Waals surface area contributed by atoms with Crippen LogP contribution in [-0.2, 0) is 27.5 Å². The van der Waals surface area contributed by atoms with Gasteiger partial charge in [-0.25, -0.2) is 13.4 Å². The highest BCUT2D eigenvalue weighted by molar-refractivity contribution is 7.91. The van der Waals surface area contributed by atoms with Crippen LogP contribution < -0.4 is 15.6 Å². The first-order chi connectivity index (χ1) is 18.3. The second kappa shape index (κ2) is 13.0. The molecule has 2 heterocycles. The molecule has 1 aromatic carbocycles. The maximum Gasteiger partial charge on any atom is 0.417 e. The number of halogens is 5. The smallest absolute Gasteiger partial charge is 0.369 e. The number of anilines is 1. The van der Waals surface area contributed by atoms with Crippen LogP contribution in [0, 0.1) is 0 Å². The van der Waals surface area contributed by atoms with Crippen molar-refractivity contribution in [2.24, 2.45) is 0 Å². The van der Waals surface area contributed by atoms with Gasteiger partial charge in [-0.15, -0.1) is 16.2 Å². The van der Waals surface area contributed by atoms with E-state index in [9.17, 15) is 31.2 Å². The van der Waals surface area contributed by atoms with Crippen LogP contribution in [0.4, 0.5) is 19.0 Å². The molecule has 210 valence electrons. The first kappa shape index (κ1) is 30.6. The first-order valence-electron chi connectivity index (χ1n) is 11.1. The third-order valence-corrected chi connectivity index (χ3v) is 8.45. The molecule has 0 unspecified atom stereocenters. The summed E-state index contributed by atoms with van der Waals surface area (Å²) in [6.07, 6.45) is -3.81. The quantitative estimate of drug-likeness (QED) is 0.205. The number of thiophene rings is 1. The lowest BCUT2D eigenvalue weighted by Crippen LogP contribution is -2.41. The number of benzene rings is 1. The Morgan fingerprint density at radius 1 is 1.10 bits per heavy atom. The van der Waals surface area contributed by atoms with Crippen molar-refractivity contribution < 1.29 is 31.2 Å². The number of carbonyl (C=O) groups excluding carboxylic acids is 2. The summed E-state index contributed by atoms with van der Waals surface area (Å²) in [6.45, 7) is 0.313. The third kappa shape index (κ3) is 8.80. The molecule has 0 aliphatic heterocycles. The average molecular weight is 624 g/mol. The number of nitrogens with zero attached hydrogens (tertiary/aromatic N) is 2. The van der Waals surface area contributed by atoms with E-state index in [1.54, 1.807) is 37.4 Å². The standard InChI is InChI=1S/C23H22Cl2F3N5O4S2/c1-33(22(35)14-4-6-16(24)7-5-14)13-17-8-9-20(38-17)39(36,37)32-31-19(34)3-2-10-29-21-18(25)11-15(12-30-21)23(26,27)28/h4-9,11-12,32H,2-3,10,13H2,1H3,(H,29,30)(H,31,34). The number of hydrazine groups is 1. The van der Waals surface area contributed by atoms with Gasteiger partial charge in [0.25, 0.3) is 15.9 Å². The van der Waals surface area contributed by atoms with E-state index in [1.165, 1.54) is 11.0 Å². The topological polar surface area (TPSA) is 120 Å². The van der Waals surface area contributed by atoms with E-state index in [-0.39, 0.29) is 46.9 Å². The lowest BCUT2D eigenvalue weighted by atomic mass is 10.2. The molecule has 39 heavy (non-hydrogen) atoms. The molecule has 0 radical (unpaired) electrons. The van der Waals surface area contributed by atoms with Gasteiger partial charge < -0.3 is 10.2 Å². The molecular formula is C23H22Cl2F3N5O4S2. The molecule has 0 bridgehead atoms. The molecular weight excluding hydrogens is 602 g/mol. The highest BCUT2D eigenvalue weighted by atomic mass is 35.5. The normalized spacial score (nSPS) is 11.7. The maximum absolute atomic E-state index is 12.7. The van der Waals surface area contributed by atoms with Gasteiger partial charge in [-0.3, -0.25) is 15.0 Å². The molecule has 3 rings (SSSR count). The SMILES string of the molecule is CN(Cc1ccc(S(=O)(=O)NNC(=O)CCCNc2ncc(C(F)(F)F)cc2Cl)s1)C(=O)c1ccc(Cl)cc1. The Kier molecular flexibility index (Phi) is 10.2. The largest absolute Gasteiger partial charge is 0.417 e. The van der Waals surface area contributed by atoms with Crippen LogP contribution in [0.1, 0.15) is 33.6 Å². The zero-order valence-electron chi connectivity index (χ0n) is 20.2. The fourth-order valence-electron chi connectivity index (χ4n) is 3.12. The number of sulfonamides is 1. The second-order valence-corrected chi connectivity index (χ2v) is 12.0. The van der Waals surface area contributed by atoms with E-state index >= 15 is 0 Å². The minimum atomic E-state index is -4.57. The summed E-state index contributed by atoms with van der Waals surface area (Å²) < 4.78 is 63.1. The molecule has 0 fully saturated rings. The average Bonchev–Trinajstić information content (AvgIpc) is 3.35. The third-order valence-electron chi connectivity index (χ3n) is 5.10. The van der Waals surface area contributed by atoms with Gasteiger partial charge in [-0.1, -0.05) is 23.2 Å². The maximum atomic E-state index is 12.7. The molecule has 2 aromatic heterocycles. The lowest BCUT2D eigenvalue weighted by Gasteiger charge is -2.16. The number of hydrogen-bond donors (Lipinski definition) is 3. The van der Waals surface area contributed by atoms with Crippen LogP contribution in [0.3, 0.4) is 0 Å². The van der Waals surface area contributed by atoms with E-state index in [1.807, 2.05) is 4.83 Å². The van der Waals surface area contributed by atoms with Crippen molar-refractivity contribution >= 4 is 62.2 Å². The van der Waals surface area contributed by atoms with E-state index in [0.717, 1.165) is 17.4 Å².